The second-order valence-corrected chi connectivity index (χ2v) is 6.12. The van der Waals surface area contributed by atoms with Gasteiger partial charge in [0.1, 0.15) is 0 Å². The van der Waals surface area contributed by atoms with Crippen LogP contribution in [0.15, 0.2) is 83.3 Å². The molecular weight excluding hydrogens is 320 g/mol. The summed E-state index contributed by atoms with van der Waals surface area (Å²) in [5.74, 6) is 0. The van der Waals surface area contributed by atoms with Crippen LogP contribution < -0.4 is 0 Å². The van der Waals surface area contributed by atoms with Crippen molar-refractivity contribution in [3.63, 3.8) is 0 Å². The standard InChI is InChI=1S/C20H13Br/c21-16-11-10-15-12-19(14-6-2-1-3-7-14)17-8-4-5-9-18(17)20(15)13-16/h1-13H. The van der Waals surface area contributed by atoms with Crippen LogP contribution in [0.25, 0.3) is 32.7 Å². The van der Waals surface area contributed by atoms with E-state index in [1.54, 1.807) is 0 Å². The smallest absolute Gasteiger partial charge is 0.0181 e. The Bertz CT molecular complexity index is 940. The van der Waals surface area contributed by atoms with Gasteiger partial charge < -0.3 is 0 Å². The average Bonchev–Trinajstić information content (AvgIpc) is 2.55. The summed E-state index contributed by atoms with van der Waals surface area (Å²) in [6.45, 7) is 0. The molecule has 0 N–H and O–H groups in total. The molecule has 0 nitrogen and oxygen atoms in total. The molecule has 0 radical (unpaired) electrons. The second-order valence-electron chi connectivity index (χ2n) is 5.20. The maximum atomic E-state index is 3.58. The zero-order chi connectivity index (χ0) is 14.2. The van der Waals surface area contributed by atoms with E-state index in [9.17, 15) is 0 Å². The quantitative estimate of drug-likeness (QED) is 0.352. The van der Waals surface area contributed by atoms with Crippen molar-refractivity contribution in [1.29, 1.82) is 0 Å². The first-order chi connectivity index (χ1) is 10.3. The zero-order valence-electron chi connectivity index (χ0n) is 11.4. The Morgan fingerprint density at radius 2 is 1.29 bits per heavy atom. The molecule has 4 aromatic rings. The van der Waals surface area contributed by atoms with Gasteiger partial charge in [-0.25, -0.2) is 0 Å². The average molecular weight is 333 g/mol. The van der Waals surface area contributed by atoms with Crippen molar-refractivity contribution in [2.24, 2.45) is 0 Å². The molecule has 0 fully saturated rings. The van der Waals surface area contributed by atoms with E-state index in [2.05, 4.69) is 94.8 Å². The highest BCUT2D eigenvalue weighted by Gasteiger charge is 2.08. The minimum Gasteiger partial charge on any atom is -0.0622 e. The van der Waals surface area contributed by atoms with Crippen LogP contribution in [0.5, 0.6) is 0 Å². The summed E-state index contributed by atoms with van der Waals surface area (Å²) < 4.78 is 1.12. The molecule has 100 valence electrons. The highest BCUT2D eigenvalue weighted by Crippen LogP contribution is 2.35. The van der Waals surface area contributed by atoms with E-state index < -0.39 is 0 Å². The number of hydrogen-bond acceptors (Lipinski definition) is 0. The minimum absolute atomic E-state index is 1.12. The van der Waals surface area contributed by atoms with Crippen molar-refractivity contribution < 1.29 is 0 Å². The number of hydrogen-bond donors (Lipinski definition) is 0. The zero-order valence-corrected chi connectivity index (χ0v) is 13.0. The Balaban J connectivity index is 2.18. The molecule has 0 heterocycles. The van der Waals surface area contributed by atoms with Crippen molar-refractivity contribution in [2.45, 2.75) is 0 Å². The number of halogens is 1. The topological polar surface area (TPSA) is 0 Å². The number of benzene rings is 4. The van der Waals surface area contributed by atoms with E-state index in [1.165, 1.54) is 32.7 Å². The van der Waals surface area contributed by atoms with Gasteiger partial charge in [0.15, 0.2) is 0 Å². The molecule has 4 aromatic carbocycles. The summed E-state index contributed by atoms with van der Waals surface area (Å²) in [6.07, 6.45) is 0. The predicted octanol–water partition coefficient (Wildman–Crippen LogP) is 6.42. The fraction of sp³-hybridized carbons (Fsp3) is 0. The van der Waals surface area contributed by atoms with Crippen LogP contribution in [-0.4, -0.2) is 0 Å². The van der Waals surface area contributed by atoms with Crippen molar-refractivity contribution in [3.05, 3.63) is 83.3 Å². The number of fused-ring (bicyclic) bond motifs is 3. The summed E-state index contributed by atoms with van der Waals surface area (Å²) in [4.78, 5) is 0. The maximum absolute atomic E-state index is 3.58. The Morgan fingerprint density at radius 1 is 0.571 bits per heavy atom. The van der Waals surface area contributed by atoms with Crippen molar-refractivity contribution in [2.75, 3.05) is 0 Å². The van der Waals surface area contributed by atoms with E-state index in [1.807, 2.05) is 0 Å². The molecule has 4 rings (SSSR count). The first-order valence-corrected chi connectivity index (χ1v) is 7.79. The summed E-state index contributed by atoms with van der Waals surface area (Å²) in [5.41, 5.74) is 2.56. The van der Waals surface area contributed by atoms with Gasteiger partial charge in [-0.3, -0.25) is 0 Å². The second kappa shape index (κ2) is 5.01. The van der Waals surface area contributed by atoms with E-state index in [0.29, 0.717) is 0 Å². The van der Waals surface area contributed by atoms with E-state index in [4.69, 9.17) is 0 Å². The molecule has 0 amide bonds. The summed E-state index contributed by atoms with van der Waals surface area (Å²) >= 11 is 3.58. The summed E-state index contributed by atoms with van der Waals surface area (Å²) in [7, 11) is 0. The molecule has 0 bridgehead atoms. The molecule has 21 heavy (non-hydrogen) atoms. The van der Waals surface area contributed by atoms with Crippen LogP contribution in [0.1, 0.15) is 0 Å². The summed E-state index contributed by atoms with van der Waals surface area (Å²) in [6, 6.07) is 28.0. The van der Waals surface area contributed by atoms with Gasteiger partial charge in [-0.15, -0.1) is 0 Å². The lowest BCUT2D eigenvalue weighted by Crippen LogP contribution is -1.84. The van der Waals surface area contributed by atoms with Crippen molar-refractivity contribution in [3.8, 4) is 11.1 Å². The molecule has 0 aliphatic rings. The lowest BCUT2D eigenvalue weighted by molar-refractivity contribution is 1.66. The van der Waals surface area contributed by atoms with Gasteiger partial charge in [0.25, 0.3) is 0 Å². The molecule has 0 atom stereocenters. The third-order valence-electron chi connectivity index (χ3n) is 3.91. The molecule has 0 unspecified atom stereocenters. The van der Waals surface area contributed by atoms with Crippen LogP contribution in [0.3, 0.4) is 0 Å². The predicted molar refractivity (Wildman–Crippen MR) is 94.6 cm³/mol. The van der Waals surface area contributed by atoms with E-state index in [-0.39, 0.29) is 0 Å². The largest absolute Gasteiger partial charge is 0.0622 e. The SMILES string of the molecule is Brc1ccc2cc(-c3ccccc3)c3ccccc3c2c1. The number of rotatable bonds is 1. The van der Waals surface area contributed by atoms with Crippen molar-refractivity contribution in [1.82, 2.24) is 0 Å². The fourth-order valence-corrected chi connectivity index (χ4v) is 3.29. The van der Waals surface area contributed by atoms with Crippen LogP contribution in [0, 0.1) is 0 Å². The molecule has 0 saturated heterocycles. The highest BCUT2D eigenvalue weighted by atomic mass is 79.9. The Morgan fingerprint density at radius 3 is 2.10 bits per heavy atom. The summed E-state index contributed by atoms with van der Waals surface area (Å²) in [5, 5.41) is 5.17. The lowest BCUT2D eigenvalue weighted by atomic mass is 9.93. The van der Waals surface area contributed by atoms with Gasteiger partial charge in [-0.2, -0.15) is 0 Å². The maximum Gasteiger partial charge on any atom is 0.0181 e. The van der Waals surface area contributed by atoms with Gasteiger partial charge in [-0.1, -0.05) is 76.6 Å². The van der Waals surface area contributed by atoms with Crippen LogP contribution in [-0.2, 0) is 0 Å². The molecule has 1 heteroatoms. The fourth-order valence-electron chi connectivity index (χ4n) is 2.93. The van der Waals surface area contributed by atoms with E-state index in [0.717, 1.165) is 4.47 Å². The van der Waals surface area contributed by atoms with Gasteiger partial charge >= 0.3 is 0 Å². The van der Waals surface area contributed by atoms with E-state index >= 15 is 0 Å². The Hall–Kier alpha value is -2.12. The van der Waals surface area contributed by atoms with Gasteiger partial charge in [-0.05, 0) is 50.9 Å². The minimum atomic E-state index is 1.12. The Labute approximate surface area is 132 Å². The molecule has 0 aliphatic carbocycles. The first-order valence-electron chi connectivity index (χ1n) is 6.99. The van der Waals surface area contributed by atoms with Crippen LogP contribution >= 0.6 is 15.9 Å². The highest BCUT2D eigenvalue weighted by molar-refractivity contribution is 9.10. The molecular formula is C20H13Br. The molecule has 0 aromatic heterocycles. The molecule has 0 spiro atoms. The Kier molecular flexibility index (Phi) is 3.01. The third kappa shape index (κ3) is 2.14. The van der Waals surface area contributed by atoms with Crippen LogP contribution in [0.2, 0.25) is 0 Å². The van der Waals surface area contributed by atoms with Gasteiger partial charge in [0.05, 0.1) is 0 Å². The lowest BCUT2D eigenvalue weighted by Gasteiger charge is -2.11. The monoisotopic (exact) mass is 332 g/mol. The molecule has 0 saturated carbocycles. The third-order valence-corrected chi connectivity index (χ3v) is 4.40. The van der Waals surface area contributed by atoms with Gasteiger partial charge in [0, 0.05) is 4.47 Å². The van der Waals surface area contributed by atoms with Gasteiger partial charge in [0.2, 0.25) is 0 Å². The molecule has 0 aliphatic heterocycles. The van der Waals surface area contributed by atoms with Crippen LogP contribution in [0.4, 0.5) is 0 Å². The van der Waals surface area contributed by atoms with Crippen molar-refractivity contribution >= 4 is 37.5 Å². The first kappa shape index (κ1) is 12.6. The normalized spacial score (nSPS) is 11.1.